The van der Waals surface area contributed by atoms with Crippen molar-refractivity contribution in [2.45, 2.75) is 46.0 Å². The van der Waals surface area contributed by atoms with Gasteiger partial charge >= 0.3 is 0 Å². The van der Waals surface area contributed by atoms with Gasteiger partial charge in [-0.3, -0.25) is 0 Å². The van der Waals surface area contributed by atoms with Crippen molar-refractivity contribution < 1.29 is 0 Å². The van der Waals surface area contributed by atoms with Crippen molar-refractivity contribution in [2.75, 3.05) is 11.9 Å². The number of hydrogen-bond donors (Lipinski definition) is 1. The lowest BCUT2D eigenvalue weighted by molar-refractivity contribution is 0.306. The molecular formula is C14H22N2. The van der Waals surface area contributed by atoms with Crippen LogP contribution in [0.25, 0.3) is 0 Å². The van der Waals surface area contributed by atoms with E-state index in [2.05, 4.69) is 29.4 Å². The van der Waals surface area contributed by atoms with Gasteiger partial charge in [-0.25, -0.2) is 4.98 Å². The molecule has 16 heavy (non-hydrogen) atoms. The molecule has 0 saturated heterocycles. The van der Waals surface area contributed by atoms with Crippen LogP contribution in [0.4, 0.5) is 5.82 Å². The number of anilines is 1. The molecule has 1 aromatic heterocycles. The highest BCUT2D eigenvalue weighted by Crippen LogP contribution is 2.40. The fraction of sp³-hybridized carbons (Fsp3) is 0.643. The Balaban J connectivity index is 1.95. The molecule has 1 aliphatic rings. The van der Waals surface area contributed by atoms with Gasteiger partial charge in [-0.2, -0.15) is 0 Å². The zero-order chi connectivity index (χ0) is 11.4. The molecule has 88 valence electrons. The fourth-order valence-corrected chi connectivity index (χ4v) is 2.70. The maximum atomic E-state index is 4.49. The van der Waals surface area contributed by atoms with Gasteiger partial charge in [0.15, 0.2) is 0 Å². The topological polar surface area (TPSA) is 24.9 Å². The summed E-state index contributed by atoms with van der Waals surface area (Å²) >= 11 is 0. The third-order valence-electron chi connectivity index (χ3n) is 3.95. The molecule has 1 aromatic rings. The summed E-state index contributed by atoms with van der Waals surface area (Å²) in [6.07, 6.45) is 6.84. The number of rotatable bonds is 4. The second-order valence-corrected chi connectivity index (χ2v) is 5.08. The van der Waals surface area contributed by atoms with Crippen LogP contribution in [-0.4, -0.2) is 11.5 Å². The zero-order valence-electron chi connectivity index (χ0n) is 10.4. The van der Waals surface area contributed by atoms with Gasteiger partial charge in [-0.05, 0) is 43.7 Å². The van der Waals surface area contributed by atoms with E-state index in [0.29, 0.717) is 5.41 Å². The van der Waals surface area contributed by atoms with E-state index in [-0.39, 0.29) is 0 Å². The first-order valence-electron chi connectivity index (χ1n) is 6.42. The van der Waals surface area contributed by atoms with Crippen LogP contribution in [0.5, 0.6) is 0 Å². The highest BCUT2D eigenvalue weighted by molar-refractivity contribution is 5.35. The summed E-state index contributed by atoms with van der Waals surface area (Å²) < 4.78 is 0. The number of hydrogen-bond acceptors (Lipinski definition) is 2. The van der Waals surface area contributed by atoms with Gasteiger partial charge in [-0.1, -0.05) is 25.8 Å². The Morgan fingerprint density at radius 2 is 2.06 bits per heavy atom. The standard InChI is InChI=1S/C14H22N2/c1-3-14(9-4-5-10-14)11-15-13-8-6-7-12(2)16-13/h6-8H,3-5,9-11H2,1-2H3,(H,15,16). The first-order valence-corrected chi connectivity index (χ1v) is 6.42. The van der Waals surface area contributed by atoms with Gasteiger partial charge < -0.3 is 5.32 Å². The molecule has 1 saturated carbocycles. The number of nitrogens with zero attached hydrogens (tertiary/aromatic N) is 1. The van der Waals surface area contributed by atoms with Crippen molar-refractivity contribution in [3.63, 3.8) is 0 Å². The third kappa shape index (κ3) is 2.55. The second-order valence-electron chi connectivity index (χ2n) is 5.08. The lowest BCUT2D eigenvalue weighted by Crippen LogP contribution is -2.26. The Hall–Kier alpha value is -1.05. The van der Waals surface area contributed by atoms with Gasteiger partial charge in [0.1, 0.15) is 5.82 Å². The van der Waals surface area contributed by atoms with E-state index in [0.717, 1.165) is 18.1 Å². The molecule has 0 aromatic carbocycles. The minimum Gasteiger partial charge on any atom is -0.370 e. The van der Waals surface area contributed by atoms with Gasteiger partial charge in [0.25, 0.3) is 0 Å². The maximum Gasteiger partial charge on any atom is 0.126 e. The summed E-state index contributed by atoms with van der Waals surface area (Å²) in [7, 11) is 0. The van der Waals surface area contributed by atoms with Crippen molar-refractivity contribution in [1.29, 1.82) is 0 Å². The average molecular weight is 218 g/mol. The normalized spacial score (nSPS) is 18.6. The molecule has 0 atom stereocenters. The second kappa shape index (κ2) is 4.86. The Labute approximate surface area is 98.5 Å². The number of aromatic nitrogens is 1. The summed E-state index contributed by atoms with van der Waals surface area (Å²) in [6.45, 7) is 5.44. The van der Waals surface area contributed by atoms with E-state index in [9.17, 15) is 0 Å². The summed E-state index contributed by atoms with van der Waals surface area (Å²) in [5.74, 6) is 1.03. The monoisotopic (exact) mass is 218 g/mol. The van der Waals surface area contributed by atoms with E-state index in [1.165, 1.54) is 32.1 Å². The molecule has 1 N–H and O–H groups in total. The van der Waals surface area contributed by atoms with E-state index in [1.54, 1.807) is 0 Å². The van der Waals surface area contributed by atoms with Crippen LogP contribution < -0.4 is 5.32 Å². The van der Waals surface area contributed by atoms with Crippen LogP contribution >= 0.6 is 0 Å². The van der Waals surface area contributed by atoms with Crippen LogP contribution in [0.3, 0.4) is 0 Å². The fourth-order valence-electron chi connectivity index (χ4n) is 2.70. The Morgan fingerprint density at radius 1 is 1.31 bits per heavy atom. The van der Waals surface area contributed by atoms with E-state index in [4.69, 9.17) is 0 Å². The molecule has 0 spiro atoms. The molecule has 0 amide bonds. The first-order chi connectivity index (χ1) is 7.74. The van der Waals surface area contributed by atoms with Crippen molar-refractivity contribution in [1.82, 2.24) is 4.98 Å². The SMILES string of the molecule is CCC1(CNc2cccc(C)n2)CCCC1. The van der Waals surface area contributed by atoms with Crippen LogP contribution in [0.1, 0.15) is 44.7 Å². The number of aryl methyl sites for hydroxylation is 1. The smallest absolute Gasteiger partial charge is 0.126 e. The Morgan fingerprint density at radius 3 is 2.69 bits per heavy atom. The van der Waals surface area contributed by atoms with Crippen molar-refractivity contribution >= 4 is 5.82 Å². The highest BCUT2D eigenvalue weighted by atomic mass is 15.0. The van der Waals surface area contributed by atoms with Gasteiger partial charge in [0.05, 0.1) is 0 Å². The summed E-state index contributed by atoms with van der Waals surface area (Å²) in [6, 6.07) is 6.17. The van der Waals surface area contributed by atoms with Crippen molar-refractivity contribution in [2.24, 2.45) is 5.41 Å². The van der Waals surface area contributed by atoms with Gasteiger partial charge in [-0.15, -0.1) is 0 Å². The largest absolute Gasteiger partial charge is 0.370 e. The molecule has 2 rings (SSSR count). The molecule has 2 heteroatoms. The number of pyridine rings is 1. The minimum absolute atomic E-state index is 0.533. The predicted molar refractivity (Wildman–Crippen MR) is 68.7 cm³/mol. The summed E-state index contributed by atoms with van der Waals surface area (Å²) in [5.41, 5.74) is 1.62. The van der Waals surface area contributed by atoms with Crippen LogP contribution in [0.2, 0.25) is 0 Å². The maximum absolute atomic E-state index is 4.49. The molecular weight excluding hydrogens is 196 g/mol. The zero-order valence-corrected chi connectivity index (χ0v) is 10.4. The lowest BCUT2D eigenvalue weighted by atomic mass is 9.83. The molecule has 1 aliphatic carbocycles. The van der Waals surface area contributed by atoms with Gasteiger partial charge in [0, 0.05) is 12.2 Å². The average Bonchev–Trinajstić information content (AvgIpc) is 2.76. The van der Waals surface area contributed by atoms with E-state index >= 15 is 0 Å². The quantitative estimate of drug-likeness (QED) is 0.832. The molecule has 0 aliphatic heterocycles. The van der Waals surface area contributed by atoms with Crippen molar-refractivity contribution in [3.05, 3.63) is 23.9 Å². The molecule has 2 nitrogen and oxygen atoms in total. The third-order valence-corrected chi connectivity index (χ3v) is 3.95. The first kappa shape index (κ1) is 11.4. The Bertz CT molecular complexity index is 340. The van der Waals surface area contributed by atoms with Crippen LogP contribution in [0, 0.1) is 12.3 Å². The molecule has 0 unspecified atom stereocenters. The minimum atomic E-state index is 0.533. The Kier molecular flexibility index (Phi) is 3.47. The highest BCUT2D eigenvalue weighted by Gasteiger charge is 2.31. The summed E-state index contributed by atoms with van der Waals surface area (Å²) in [4.78, 5) is 4.49. The predicted octanol–water partition coefficient (Wildman–Crippen LogP) is 3.77. The van der Waals surface area contributed by atoms with Crippen LogP contribution in [0.15, 0.2) is 18.2 Å². The summed E-state index contributed by atoms with van der Waals surface area (Å²) in [5, 5.41) is 3.51. The molecule has 1 fully saturated rings. The van der Waals surface area contributed by atoms with Gasteiger partial charge in [0.2, 0.25) is 0 Å². The lowest BCUT2D eigenvalue weighted by Gasteiger charge is -2.27. The molecule has 0 bridgehead atoms. The number of nitrogens with one attached hydrogen (secondary N) is 1. The van der Waals surface area contributed by atoms with Crippen molar-refractivity contribution in [3.8, 4) is 0 Å². The molecule has 0 radical (unpaired) electrons. The van der Waals surface area contributed by atoms with E-state index in [1.807, 2.05) is 13.0 Å². The van der Waals surface area contributed by atoms with E-state index < -0.39 is 0 Å². The molecule has 1 heterocycles. The van der Waals surface area contributed by atoms with Crippen LogP contribution in [-0.2, 0) is 0 Å².